The molecule has 1 aromatic carbocycles. The fraction of sp³-hybridized carbons (Fsp3) is 0.308. The lowest BCUT2D eigenvalue weighted by Crippen LogP contribution is -2.10. The summed E-state index contributed by atoms with van der Waals surface area (Å²) in [6, 6.07) is 6.11. The van der Waals surface area contributed by atoms with Crippen molar-refractivity contribution in [3.05, 3.63) is 52.6 Å². The van der Waals surface area contributed by atoms with E-state index in [-0.39, 0.29) is 5.02 Å². The van der Waals surface area contributed by atoms with E-state index < -0.39 is 11.9 Å². The summed E-state index contributed by atoms with van der Waals surface area (Å²) in [7, 11) is 0. The molecular formula is C13H14ClFN2O. The van der Waals surface area contributed by atoms with Crippen LogP contribution in [0.4, 0.5) is 4.39 Å². The van der Waals surface area contributed by atoms with E-state index in [2.05, 4.69) is 5.10 Å². The summed E-state index contributed by atoms with van der Waals surface area (Å²) < 4.78 is 15.1. The number of aliphatic hydroxyl groups is 1. The molecule has 0 fully saturated rings. The molecule has 5 heteroatoms. The molecule has 18 heavy (non-hydrogen) atoms. The maximum atomic E-state index is 13.4. The molecule has 0 saturated carbocycles. The van der Waals surface area contributed by atoms with Crippen molar-refractivity contribution in [3.63, 3.8) is 0 Å². The smallest absolute Gasteiger partial charge is 0.142 e. The quantitative estimate of drug-likeness (QED) is 0.925. The Bertz CT molecular complexity index is 542. The van der Waals surface area contributed by atoms with E-state index in [0.29, 0.717) is 17.8 Å². The highest BCUT2D eigenvalue weighted by Gasteiger charge is 2.19. The number of hydrogen-bond donors (Lipinski definition) is 1. The summed E-state index contributed by atoms with van der Waals surface area (Å²) in [5, 5.41) is 14.4. The maximum absolute atomic E-state index is 13.4. The second-order valence-corrected chi connectivity index (χ2v) is 4.40. The minimum absolute atomic E-state index is 0.0470. The normalized spacial score (nSPS) is 12.7. The number of nitrogens with zero attached hydrogens (tertiary/aromatic N) is 2. The van der Waals surface area contributed by atoms with Crippen LogP contribution in [0.3, 0.4) is 0 Å². The van der Waals surface area contributed by atoms with E-state index in [1.54, 1.807) is 23.0 Å². The Morgan fingerprint density at radius 3 is 2.94 bits per heavy atom. The molecule has 0 aliphatic heterocycles. The van der Waals surface area contributed by atoms with Gasteiger partial charge in [-0.2, -0.15) is 5.10 Å². The van der Waals surface area contributed by atoms with Crippen molar-refractivity contribution in [2.24, 2.45) is 0 Å². The van der Waals surface area contributed by atoms with Crippen molar-refractivity contribution in [2.75, 3.05) is 0 Å². The van der Waals surface area contributed by atoms with E-state index in [1.165, 1.54) is 12.1 Å². The van der Waals surface area contributed by atoms with Gasteiger partial charge in [0.25, 0.3) is 0 Å². The van der Waals surface area contributed by atoms with Crippen LogP contribution in [-0.4, -0.2) is 14.9 Å². The summed E-state index contributed by atoms with van der Waals surface area (Å²) in [5.41, 5.74) is 0.971. The molecule has 1 atom stereocenters. The zero-order valence-corrected chi connectivity index (χ0v) is 10.7. The first kappa shape index (κ1) is 13.1. The van der Waals surface area contributed by atoms with Gasteiger partial charge < -0.3 is 5.11 Å². The van der Waals surface area contributed by atoms with E-state index in [0.717, 1.165) is 6.42 Å². The van der Waals surface area contributed by atoms with Gasteiger partial charge in [-0.15, -0.1) is 0 Å². The van der Waals surface area contributed by atoms with E-state index >= 15 is 0 Å². The highest BCUT2D eigenvalue weighted by atomic mass is 35.5. The molecule has 2 aromatic rings. The van der Waals surface area contributed by atoms with Crippen LogP contribution >= 0.6 is 11.6 Å². The van der Waals surface area contributed by atoms with Crippen LogP contribution in [0.15, 0.2) is 30.5 Å². The minimum Gasteiger partial charge on any atom is -0.382 e. The van der Waals surface area contributed by atoms with Gasteiger partial charge in [0.15, 0.2) is 0 Å². The average Bonchev–Trinajstić information content (AvgIpc) is 2.80. The average molecular weight is 269 g/mol. The van der Waals surface area contributed by atoms with E-state index in [4.69, 9.17) is 11.6 Å². The van der Waals surface area contributed by atoms with Crippen LogP contribution in [-0.2, 0) is 6.54 Å². The Morgan fingerprint density at radius 2 is 2.22 bits per heavy atom. The molecule has 1 N–H and O–H groups in total. The molecule has 0 aliphatic carbocycles. The lowest BCUT2D eigenvalue weighted by atomic mass is 10.1. The Kier molecular flexibility index (Phi) is 3.99. The maximum Gasteiger partial charge on any atom is 0.142 e. The topological polar surface area (TPSA) is 38.0 Å². The molecule has 2 rings (SSSR count). The number of rotatable bonds is 4. The molecule has 1 heterocycles. The molecule has 0 bridgehead atoms. The fourth-order valence-electron chi connectivity index (χ4n) is 1.86. The lowest BCUT2D eigenvalue weighted by molar-refractivity contribution is 0.207. The number of aryl methyl sites for hydroxylation is 1. The van der Waals surface area contributed by atoms with Gasteiger partial charge in [0.2, 0.25) is 0 Å². The van der Waals surface area contributed by atoms with E-state index in [1.807, 2.05) is 6.92 Å². The number of aromatic nitrogens is 2. The number of hydrogen-bond acceptors (Lipinski definition) is 2. The minimum atomic E-state index is -0.970. The van der Waals surface area contributed by atoms with Crippen LogP contribution in [0.25, 0.3) is 0 Å². The van der Waals surface area contributed by atoms with Gasteiger partial charge in [-0.05, 0) is 18.6 Å². The van der Waals surface area contributed by atoms with Gasteiger partial charge in [-0.3, -0.25) is 4.68 Å². The van der Waals surface area contributed by atoms with E-state index in [9.17, 15) is 9.50 Å². The summed E-state index contributed by atoms with van der Waals surface area (Å²) in [5.74, 6) is -0.533. The van der Waals surface area contributed by atoms with Crippen LogP contribution in [0.1, 0.15) is 30.7 Å². The molecule has 0 spiro atoms. The first-order chi connectivity index (χ1) is 8.65. The van der Waals surface area contributed by atoms with Gasteiger partial charge in [0.1, 0.15) is 11.9 Å². The molecule has 1 unspecified atom stereocenters. The molecule has 96 valence electrons. The molecule has 0 radical (unpaired) electrons. The van der Waals surface area contributed by atoms with Crippen molar-refractivity contribution in [1.29, 1.82) is 0 Å². The summed E-state index contributed by atoms with van der Waals surface area (Å²) in [4.78, 5) is 0. The SMILES string of the molecule is CCCn1nccc1C(O)c1cccc(F)c1Cl. The van der Waals surface area contributed by atoms with Crippen LogP contribution in [0, 0.1) is 5.82 Å². The highest BCUT2D eigenvalue weighted by Crippen LogP contribution is 2.29. The number of aliphatic hydroxyl groups excluding tert-OH is 1. The first-order valence-corrected chi connectivity index (χ1v) is 6.16. The van der Waals surface area contributed by atoms with Gasteiger partial charge in [0, 0.05) is 18.3 Å². The molecular weight excluding hydrogens is 255 g/mol. The monoisotopic (exact) mass is 268 g/mol. The first-order valence-electron chi connectivity index (χ1n) is 5.78. The largest absolute Gasteiger partial charge is 0.382 e. The fourth-order valence-corrected chi connectivity index (χ4v) is 2.09. The molecule has 0 aliphatic rings. The Morgan fingerprint density at radius 1 is 1.44 bits per heavy atom. The summed E-state index contributed by atoms with van der Waals surface area (Å²) in [6.07, 6.45) is 1.54. The van der Waals surface area contributed by atoms with Crippen molar-refractivity contribution >= 4 is 11.6 Å². The van der Waals surface area contributed by atoms with Gasteiger partial charge >= 0.3 is 0 Å². The van der Waals surface area contributed by atoms with Crippen molar-refractivity contribution in [3.8, 4) is 0 Å². The van der Waals surface area contributed by atoms with Gasteiger partial charge in [-0.1, -0.05) is 30.7 Å². The summed E-state index contributed by atoms with van der Waals surface area (Å²) >= 11 is 5.87. The standard InChI is InChI=1S/C13H14ClFN2O/c1-2-8-17-11(6-7-16-17)13(18)9-4-3-5-10(15)12(9)14/h3-7,13,18H,2,8H2,1H3. The van der Waals surface area contributed by atoms with Crippen LogP contribution in [0.5, 0.6) is 0 Å². The third-order valence-electron chi connectivity index (χ3n) is 2.74. The van der Waals surface area contributed by atoms with Crippen LogP contribution in [0.2, 0.25) is 5.02 Å². The Balaban J connectivity index is 2.38. The third kappa shape index (κ3) is 2.40. The Labute approximate surface area is 110 Å². The second-order valence-electron chi connectivity index (χ2n) is 4.02. The zero-order valence-electron chi connectivity index (χ0n) is 9.98. The van der Waals surface area contributed by atoms with Crippen molar-refractivity contribution < 1.29 is 9.50 Å². The van der Waals surface area contributed by atoms with Crippen molar-refractivity contribution in [1.82, 2.24) is 9.78 Å². The second kappa shape index (κ2) is 5.50. The lowest BCUT2D eigenvalue weighted by Gasteiger charge is -2.15. The zero-order chi connectivity index (χ0) is 13.1. The van der Waals surface area contributed by atoms with Crippen molar-refractivity contribution in [2.45, 2.75) is 26.0 Å². The molecule has 0 saturated heterocycles. The third-order valence-corrected chi connectivity index (χ3v) is 3.14. The summed E-state index contributed by atoms with van der Waals surface area (Å²) in [6.45, 7) is 2.72. The number of halogens is 2. The molecule has 0 amide bonds. The number of benzene rings is 1. The highest BCUT2D eigenvalue weighted by molar-refractivity contribution is 6.31. The van der Waals surface area contributed by atoms with Gasteiger partial charge in [-0.25, -0.2) is 4.39 Å². The molecule has 1 aromatic heterocycles. The van der Waals surface area contributed by atoms with Gasteiger partial charge in [0.05, 0.1) is 10.7 Å². The predicted molar refractivity (Wildman–Crippen MR) is 68.0 cm³/mol. The Hall–Kier alpha value is -1.39. The molecule has 3 nitrogen and oxygen atoms in total. The predicted octanol–water partition coefficient (Wildman–Crippen LogP) is 3.17. The van der Waals surface area contributed by atoms with Crippen LogP contribution < -0.4 is 0 Å².